The van der Waals surface area contributed by atoms with Crippen LogP contribution in [0.1, 0.15) is 48.8 Å². The van der Waals surface area contributed by atoms with Crippen molar-refractivity contribution in [2.75, 3.05) is 19.0 Å². The Morgan fingerprint density at radius 2 is 1.96 bits per heavy atom. The Balaban J connectivity index is 2.77. The summed E-state index contributed by atoms with van der Waals surface area (Å²) in [6.07, 6.45) is 0.325. The van der Waals surface area contributed by atoms with Gasteiger partial charge in [0.25, 0.3) is 0 Å². The van der Waals surface area contributed by atoms with Gasteiger partial charge in [0.1, 0.15) is 5.00 Å². The Bertz CT molecular complexity index is 589. The summed E-state index contributed by atoms with van der Waals surface area (Å²) in [7, 11) is 1.28. The van der Waals surface area contributed by atoms with Gasteiger partial charge in [-0.15, -0.1) is 11.3 Å². The van der Waals surface area contributed by atoms with Crippen molar-refractivity contribution in [2.45, 2.75) is 39.0 Å². The molecular weight excluding hydrogens is 320 g/mol. The number of carbonyl (C=O) groups excluding carboxylic acids is 2. The molecule has 0 spiro atoms. The SMILES string of the molecule is COC(=O)c1cc(C(C)(C)C)sc1NC(=O)NCCCC(=O)O. The molecular formula is C15H22N2O5S. The largest absolute Gasteiger partial charge is 0.481 e. The first-order valence-electron chi connectivity index (χ1n) is 7.14. The van der Waals surface area contributed by atoms with Crippen molar-refractivity contribution in [3.05, 3.63) is 16.5 Å². The van der Waals surface area contributed by atoms with Crippen LogP contribution in [-0.2, 0) is 14.9 Å². The van der Waals surface area contributed by atoms with Crippen LogP contribution in [0.5, 0.6) is 0 Å². The van der Waals surface area contributed by atoms with Crippen LogP contribution in [0.25, 0.3) is 0 Å². The van der Waals surface area contributed by atoms with Crippen LogP contribution in [-0.4, -0.2) is 36.7 Å². The maximum Gasteiger partial charge on any atom is 0.340 e. The van der Waals surface area contributed by atoms with Gasteiger partial charge in [-0.3, -0.25) is 10.1 Å². The molecule has 8 heteroatoms. The average molecular weight is 342 g/mol. The summed E-state index contributed by atoms with van der Waals surface area (Å²) in [6.45, 7) is 6.27. The fourth-order valence-electron chi connectivity index (χ4n) is 1.70. The highest BCUT2D eigenvalue weighted by molar-refractivity contribution is 7.16. The average Bonchev–Trinajstić information content (AvgIpc) is 2.86. The molecule has 1 aromatic rings. The zero-order valence-corrected chi connectivity index (χ0v) is 14.5. The monoisotopic (exact) mass is 342 g/mol. The third kappa shape index (κ3) is 5.90. The normalized spacial score (nSPS) is 11.0. The molecule has 23 heavy (non-hydrogen) atoms. The number of aliphatic carboxylic acids is 1. The number of ether oxygens (including phenoxy) is 1. The van der Waals surface area contributed by atoms with Gasteiger partial charge in [0.15, 0.2) is 0 Å². The highest BCUT2D eigenvalue weighted by atomic mass is 32.1. The molecule has 0 aliphatic rings. The van der Waals surface area contributed by atoms with Crippen molar-refractivity contribution < 1.29 is 24.2 Å². The molecule has 0 aliphatic heterocycles. The molecule has 0 unspecified atom stereocenters. The Kier molecular flexibility index (Phi) is 6.56. The summed E-state index contributed by atoms with van der Waals surface area (Å²) in [4.78, 5) is 35.1. The van der Waals surface area contributed by atoms with E-state index in [-0.39, 0.29) is 18.4 Å². The molecule has 128 valence electrons. The van der Waals surface area contributed by atoms with Gasteiger partial charge in [-0.1, -0.05) is 20.8 Å². The predicted octanol–water partition coefficient (Wildman–Crippen LogP) is 2.82. The van der Waals surface area contributed by atoms with Crippen molar-refractivity contribution in [3.8, 4) is 0 Å². The lowest BCUT2D eigenvalue weighted by Crippen LogP contribution is -2.30. The lowest BCUT2D eigenvalue weighted by molar-refractivity contribution is -0.137. The van der Waals surface area contributed by atoms with E-state index in [1.807, 2.05) is 20.8 Å². The molecule has 0 aromatic carbocycles. The number of rotatable bonds is 6. The topological polar surface area (TPSA) is 105 Å². The number of anilines is 1. The van der Waals surface area contributed by atoms with E-state index in [0.29, 0.717) is 17.0 Å². The smallest absolute Gasteiger partial charge is 0.340 e. The number of hydrogen-bond acceptors (Lipinski definition) is 5. The zero-order chi connectivity index (χ0) is 17.6. The van der Waals surface area contributed by atoms with Gasteiger partial charge in [-0.25, -0.2) is 9.59 Å². The quantitative estimate of drug-likeness (QED) is 0.544. The minimum atomic E-state index is -0.909. The summed E-state index contributed by atoms with van der Waals surface area (Å²) in [5.41, 5.74) is 0.147. The van der Waals surface area contributed by atoms with E-state index in [1.165, 1.54) is 18.4 Å². The van der Waals surface area contributed by atoms with Crippen LogP contribution in [0.3, 0.4) is 0 Å². The molecule has 0 bridgehead atoms. The molecule has 0 fully saturated rings. The van der Waals surface area contributed by atoms with Crippen molar-refractivity contribution >= 4 is 34.3 Å². The van der Waals surface area contributed by atoms with Crippen LogP contribution < -0.4 is 10.6 Å². The van der Waals surface area contributed by atoms with Crippen LogP contribution in [0.15, 0.2) is 6.07 Å². The molecule has 0 saturated heterocycles. The second-order valence-electron chi connectivity index (χ2n) is 5.97. The van der Waals surface area contributed by atoms with Crippen molar-refractivity contribution in [1.82, 2.24) is 5.32 Å². The number of carboxylic acid groups (broad SMARTS) is 1. The van der Waals surface area contributed by atoms with E-state index in [9.17, 15) is 14.4 Å². The molecule has 1 heterocycles. The summed E-state index contributed by atoms with van der Waals surface area (Å²) in [6, 6.07) is 1.24. The second kappa shape index (κ2) is 7.96. The van der Waals surface area contributed by atoms with Crippen molar-refractivity contribution in [2.24, 2.45) is 0 Å². The number of methoxy groups -OCH3 is 1. The number of nitrogens with one attached hydrogen (secondary N) is 2. The summed E-state index contributed by atoms with van der Waals surface area (Å²) < 4.78 is 4.74. The minimum absolute atomic E-state index is 0.0130. The Morgan fingerprint density at radius 3 is 2.48 bits per heavy atom. The van der Waals surface area contributed by atoms with E-state index in [1.54, 1.807) is 6.07 Å². The second-order valence-corrected chi connectivity index (χ2v) is 7.03. The third-order valence-electron chi connectivity index (χ3n) is 2.96. The third-order valence-corrected chi connectivity index (χ3v) is 4.43. The van der Waals surface area contributed by atoms with Crippen molar-refractivity contribution in [3.63, 3.8) is 0 Å². The molecule has 1 aromatic heterocycles. The van der Waals surface area contributed by atoms with E-state index in [0.717, 1.165) is 4.88 Å². The van der Waals surface area contributed by atoms with Gasteiger partial charge in [0.05, 0.1) is 12.7 Å². The Labute approximate surface area is 139 Å². The van der Waals surface area contributed by atoms with Gasteiger partial charge < -0.3 is 15.2 Å². The van der Waals surface area contributed by atoms with E-state index < -0.39 is 18.0 Å². The molecule has 0 atom stereocenters. The van der Waals surface area contributed by atoms with Crippen molar-refractivity contribution in [1.29, 1.82) is 0 Å². The van der Waals surface area contributed by atoms with Gasteiger partial charge in [-0.05, 0) is 17.9 Å². The van der Waals surface area contributed by atoms with E-state index in [4.69, 9.17) is 9.84 Å². The van der Waals surface area contributed by atoms with E-state index >= 15 is 0 Å². The number of thiophene rings is 1. The Morgan fingerprint density at radius 1 is 1.30 bits per heavy atom. The number of carbonyl (C=O) groups is 3. The first-order valence-corrected chi connectivity index (χ1v) is 7.96. The summed E-state index contributed by atoms with van der Waals surface area (Å²) in [5, 5.41) is 14.1. The van der Waals surface area contributed by atoms with Gasteiger partial charge in [-0.2, -0.15) is 0 Å². The molecule has 3 N–H and O–H groups in total. The fraction of sp³-hybridized carbons (Fsp3) is 0.533. The number of amides is 2. The van der Waals surface area contributed by atoms with Gasteiger partial charge in [0.2, 0.25) is 0 Å². The zero-order valence-electron chi connectivity index (χ0n) is 13.7. The molecule has 0 aliphatic carbocycles. The van der Waals surface area contributed by atoms with Crippen LogP contribution >= 0.6 is 11.3 Å². The lowest BCUT2D eigenvalue weighted by atomic mass is 9.94. The maximum atomic E-state index is 11.9. The summed E-state index contributed by atoms with van der Waals surface area (Å²) in [5.74, 6) is -1.42. The van der Waals surface area contributed by atoms with Crippen LogP contribution in [0, 0.1) is 0 Å². The first-order chi connectivity index (χ1) is 10.6. The van der Waals surface area contributed by atoms with Gasteiger partial charge in [0, 0.05) is 17.8 Å². The standard InChI is InChI=1S/C15H22N2O5S/c1-15(2,3)10-8-9(13(20)22-4)12(23-10)17-14(21)16-7-5-6-11(18)19/h8H,5-7H2,1-4H3,(H,18,19)(H2,16,17,21). The Hall–Kier alpha value is -2.09. The molecule has 7 nitrogen and oxygen atoms in total. The minimum Gasteiger partial charge on any atom is -0.481 e. The number of urea groups is 1. The van der Waals surface area contributed by atoms with E-state index in [2.05, 4.69) is 10.6 Å². The molecule has 2 amide bonds. The molecule has 0 saturated carbocycles. The maximum absolute atomic E-state index is 11.9. The van der Waals surface area contributed by atoms with Crippen LogP contribution in [0.2, 0.25) is 0 Å². The lowest BCUT2D eigenvalue weighted by Gasteiger charge is -2.15. The highest BCUT2D eigenvalue weighted by Gasteiger charge is 2.24. The first kappa shape index (κ1) is 19.0. The number of hydrogen-bond donors (Lipinski definition) is 3. The van der Waals surface area contributed by atoms with Crippen LogP contribution in [0.4, 0.5) is 9.80 Å². The predicted molar refractivity (Wildman–Crippen MR) is 88.2 cm³/mol. The molecule has 0 radical (unpaired) electrons. The number of carboxylic acids is 1. The highest BCUT2D eigenvalue weighted by Crippen LogP contribution is 2.36. The number of esters is 1. The fourth-order valence-corrected chi connectivity index (χ4v) is 2.80. The summed E-state index contributed by atoms with van der Waals surface area (Å²) >= 11 is 1.32. The molecule has 1 rings (SSSR count). The van der Waals surface area contributed by atoms with Gasteiger partial charge >= 0.3 is 18.0 Å².